The normalized spacial score (nSPS) is 12.5. The summed E-state index contributed by atoms with van der Waals surface area (Å²) in [5, 5.41) is 7.06. The Kier molecular flexibility index (Phi) is 3.86. The number of rotatable bonds is 4. The molecule has 3 heterocycles. The van der Waals surface area contributed by atoms with E-state index in [0.717, 1.165) is 27.6 Å². The summed E-state index contributed by atoms with van der Waals surface area (Å²) in [6.45, 7) is 2.31. The molecule has 0 unspecified atom stereocenters. The van der Waals surface area contributed by atoms with Crippen molar-refractivity contribution in [1.29, 1.82) is 0 Å². The van der Waals surface area contributed by atoms with Crippen molar-refractivity contribution in [1.82, 2.24) is 15.1 Å². The van der Waals surface area contributed by atoms with Gasteiger partial charge in [0.2, 0.25) is 18.5 Å². The monoisotopic (exact) mass is 377 g/mol. The highest BCUT2D eigenvalue weighted by atomic mass is 32.1. The Hall–Kier alpha value is -3.19. The van der Waals surface area contributed by atoms with E-state index in [0.29, 0.717) is 23.9 Å². The second kappa shape index (κ2) is 6.51. The third kappa shape index (κ3) is 3.17. The maximum Gasteiger partial charge on any atom is 0.233 e. The molecule has 0 bridgehead atoms. The van der Waals surface area contributed by atoms with Crippen molar-refractivity contribution in [3.63, 3.8) is 0 Å². The van der Waals surface area contributed by atoms with Gasteiger partial charge in [0.15, 0.2) is 11.5 Å². The minimum Gasteiger partial charge on any atom is -0.454 e. The van der Waals surface area contributed by atoms with Crippen LogP contribution in [0, 0.1) is 6.92 Å². The first-order chi connectivity index (χ1) is 13.2. The van der Waals surface area contributed by atoms with Crippen LogP contribution in [0.2, 0.25) is 0 Å². The summed E-state index contributed by atoms with van der Waals surface area (Å²) in [5.74, 6) is 2.49. The molecule has 0 saturated carbocycles. The number of fused-ring (bicyclic) bond motifs is 1. The first-order valence-electron chi connectivity index (χ1n) is 8.49. The molecule has 134 valence electrons. The first-order valence-corrected chi connectivity index (χ1v) is 9.36. The quantitative estimate of drug-likeness (QED) is 0.522. The van der Waals surface area contributed by atoms with Crippen LogP contribution in [-0.2, 0) is 6.42 Å². The van der Waals surface area contributed by atoms with E-state index in [2.05, 4.69) is 51.7 Å². The minimum atomic E-state index is 0.240. The van der Waals surface area contributed by atoms with Crippen molar-refractivity contribution in [3.8, 4) is 34.1 Å². The van der Waals surface area contributed by atoms with Crippen LogP contribution in [0.5, 0.6) is 11.5 Å². The highest BCUT2D eigenvalue weighted by molar-refractivity contribution is 7.10. The molecule has 0 aliphatic carbocycles. The lowest BCUT2D eigenvalue weighted by Gasteiger charge is -1.97. The van der Waals surface area contributed by atoms with Crippen molar-refractivity contribution >= 4 is 11.3 Å². The molecular formula is C20H15N3O3S. The molecule has 1 aliphatic rings. The number of nitrogens with zero attached hydrogens (tertiary/aromatic N) is 3. The van der Waals surface area contributed by atoms with Gasteiger partial charge in [-0.25, -0.2) is 4.98 Å². The second-order valence-electron chi connectivity index (χ2n) is 6.25. The van der Waals surface area contributed by atoms with Gasteiger partial charge in [-0.1, -0.05) is 35.0 Å². The molecule has 5 rings (SSSR count). The fourth-order valence-electron chi connectivity index (χ4n) is 2.86. The SMILES string of the molecule is Cc1ccc(-c2csc(Cc3nc(-c4ccc5c(c4)OCO5)no3)n2)cc1. The molecule has 0 radical (unpaired) electrons. The number of hydrogen-bond acceptors (Lipinski definition) is 7. The summed E-state index contributed by atoms with van der Waals surface area (Å²) in [4.78, 5) is 9.18. The van der Waals surface area contributed by atoms with Crippen LogP contribution in [-0.4, -0.2) is 21.9 Å². The minimum absolute atomic E-state index is 0.240. The third-order valence-electron chi connectivity index (χ3n) is 4.30. The van der Waals surface area contributed by atoms with Crippen molar-refractivity contribution in [2.24, 2.45) is 0 Å². The van der Waals surface area contributed by atoms with E-state index in [9.17, 15) is 0 Å². The summed E-state index contributed by atoms with van der Waals surface area (Å²) in [7, 11) is 0. The topological polar surface area (TPSA) is 70.3 Å². The summed E-state index contributed by atoms with van der Waals surface area (Å²) >= 11 is 1.59. The lowest BCUT2D eigenvalue weighted by atomic mass is 10.1. The molecule has 0 amide bonds. The van der Waals surface area contributed by atoms with Gasteiger partial charge in [-0.3, -0.25) is 0 Å². The number of aromatic nitrogens is 3. The predicted molar refractivity (Wildman–Crippen MR) is 101 cm³/mol. The van der Waals surface area contributed by atoms with E-state index in [1.165, 1.54) is 5.56 Å². The Morgan fingerprint density at radius 1 is 0.963 bits per heavy atom. The molecule has 0 spiro atoms. The molecule has 6 nitrogen and oxygen atoms in total. The Morgan fingerprint density at radius 3 is 2.67 bits per heavy atom. The summed E-state index contributed by atoms with van der Waals surface area (Å²) in [6, 6.07) is 13.9. The molecule has 0 N–H and O–H groups in total. The van der Waals surface area contributed by atoms with Crippen LogP contribution in [0.25, 0.3) is 22.6 Å². The maximum absolute atomic E-state index is 5.41. The Balaban J connectivity index is 1.34. The van der Waals surface area contributed by atoms with Crippen molar-refractivity contribution in [2.75, 3.05) is 6.79 Å². The highest BCUT2D eigenvalue weighted by Crippen LogP contribution is 2.35. The zero-order valence-electron chi connectivity index (χ0n) is 14.5. The van der Waals surface area contributed by atoms with Gasteiger partial charge in [0, 0.05) is 16.5 Å². The lowest BCUT2D eigenvalue weighted by molar-refractivity contribution is 0.174. The average Bonchev–Trinajstić information content (AvgIpc) is 3.42. The van der Waals surface area contributed by atoms with E-state index in [1.54, 1.807) is 11.3 Å². The summed E-state index contributed by atoms with van der Waals surface area (Å²) < 4.78 is 16.1. The van der Waals surface area contributed by atoms with E-state index < -0.39 is 0 Å². The van der Waals surface area contributed by atoms with Crippen molar-refractivity contribution in [3.05, 3.63) is 64.3 Å². The highest BCUT2D eigenvalue weighted by Gasteiger charge is 2.17. The second-order valence-corrected chi connectivity index (χ2v) is 7.19. The lowest BCUT2D eigenvalue weighted by Crippen LogP contribution is -1.92. The largest absolute Gasteiger partial charge is 0.454 e. The standard InChI is InChI=1S/C20H15N3O3S/c1-12-2-4-13(5-3-12)15-10-27-19(21-15)9-18-22-20(23-26-18)14-6-7-16-17(8-14)25-11-24-16/h2-8,10H,9,11H2,1H3. The van der Waals surface area contributed by atoms with Gasteiger partial charge in [-0.2, -0.15) is 4.98 Å². The van der Waals surface area contributed by atoms with Gasteiger partial charge in [-0.15, -0.1) is 11.3 Å². The molecule has 0 saturated heterocycles. The molecular weight excluding hydrogens is 362 g/mol. The Bertz CT molecular complexity index is 1100. The Morgan fingerprint density at radius 2 is 1.78 bits per heavy atom. The van der Waals surface area contributed by atoms with Gasteiger partial charge in [0.1, 0.15) is 5.01 Å². The zero-order valence-corrected chi connectivity index (χ0v) is 15.3. The number of thiazole rings is 1. The van der Waals surface area contributed by atoms with E-state index in [1.807, 2.05) is 18.2 Å². The van der Waals surface area contributed by atoms with Crippen LogP contribution < -0.4 is 9.47 Å². The fourth-order valence-corrected chi connectivity index (χ4v) is 3.65. The number of aryl methyl sites for hydroxylation is 1. The number of hydrogen-bond donors (Lipinski definition) is 0. The van der Waals surface area contributed by atoms with E-state index >= 15 is 0 Å². The van der Waals surface area contributed by atoms with Crippen LogP contribution in [0.1, 0.15) is 16.5 Å². The molecule has 0 fully saturated rings. The van der Waals surface area contributed by atoms with Crippen molar-refractivity contribution in [2.45, 2.75) is 13.3 Å². The van der Waals surface area contributed by atoms with Crippen LogP contribution >= 0.6 is 11.3 Å². The van der Waals surface area contributed by atoms with Gasteiger partial charge in [-0.05, 0) is 25.1 Å². The van der Waals surface area contributed by atoms with Gasteiger partial charge in [0.25, 0.3) is 0 Å². The zero-order chi connectivity index (χ0) is 18.2. The summed E-state index contributed by atoms with van der Waals surface area (Å²) in [6.07, 6.45) is 0.508. The molecule has 27 heavy (non-hydrogen) atoms. The van der Waals surface area contributed by atoms with E-state index in [4.69, 9.17) is 14.0 Å². The average molecular weight is 377 g/mol. The maximum atomic E-state index is 5.41. The molecule has 2 aromatic heterocycles. The third-order valence-corrected chi connectivity index (χ3v) is 5.15. The number of ether oxygens (including phenoxy) is 2. The molecule has 4 aromatic rings. The van der Waals surface area contributed by atoms with Crippen LogP contribution in [0.15, 0.2) is 52.4 Å². The fraction of sp³-hybridized carbons (Fsp3) is 0.150. The van der Waals surface area contributed by atoms with Gasteiger partial charge >= 0.3 is 0 Å². The van der Waals surface area contributed by atoms with Crippen molar-refractivity contribution < 1.29 is 14.0 Å². The van der Waals surface area contributed by atoms with Crippen LogP contribution in [0.3, 0.4) is 0 Å². The predicted octanol–water partition coefficient (Wildman–Crippen LogP) is 4.49. The molecule has 0 atom stereocenters. The summed E-state index contributed by atoms with van der Waals surface area (Å²) in [5.41, 5.74) is 4.13. The van der Waals surface area contributed by atoms with Gasteiger partial charge in [0.05, 0.1) is 12.1 Å². The number of benzene rings is 2. The first kappa shape index (κ1) is 16.0. The molecule has 2 aromatic carbocycles. The molecule has 7 heteroatoms. The smallest absolute Gasteiger partial charge is 0.233 e. The van der Waals surface area contributed by atoms with Crippen LogP contribution in [0.4, 0.5) is 0 Å². The van der Waals surface area contributed by atoms with Gasteiger partial charge < -0.3 is 14.0 Å². The molecule has 1 aliphatic heterocycles. The van der Waals surface area contributed by atoms with E-state index in [-0.39, 0.29) is 6.79 Å². The Labute approximate surface area is 159 Å².